The Morgan fingerprint density at radius 2 is 1.53 bits per heavy atom. The van der Waals surface area contributed by atoms with E-state index >= 15 is 0 Å². The van der Waals surface area contributed by atoms with Gasteiger partial charge in [-0.05, 0) is 87.8 Å². The highest BCUT2D eigenvalue weighted by Gasteiger charge is 2.50. The number of benzene rings is 2. The van der Waals surface area contributed by atoms with Gasteiger partial charge in [0.1, 0.15) is 17.1 Å². The summed E-state index contributed by atoms with van der Waals surface area (Å²) in [5, 5.41) is 25.1. The van der Waals surface area contributed by atoms with E-state index in [9.17, 15) is 29.4 Å². The Morgan fingerprint density at radius 3 is 2.12 bits per heavy atom. The van der Waals surface area contributed by atoms with E-state index in [1.807, 2.05) is 12.1 Å². The van der Waals surface area contributed by atoms with E-state index in [1.54, 1.807) is 45.2 Å². The SMILES string of the molecule is COc1ccc(CC(CC(=O)C(C)NC(=O)C2CCC(O)CC2)C(=O)NC(Cc2ccc(O)cc2)C(=O)C2(C)CO2)cc1. The molecule has 1 saturated heterocycles. The number of rotatable bonds is 14. The average molecular weight is 595 g/mol. The molecule has 43 heavy (non-hydrogen) atoms. The molecule has 0 radical (unpaired) electrons. The van der Waals surface area contributed by atoms with Gasteiger partial charge in [0.05, 0.1) is 31.9 Å². The normalized spacial score (nSPS) is 23.3. The lowest BCUT2D eigenvalue weighted by Crippen LogP contribution is -2.50. The zero-order valence-electron chi connectivity index (χ0n) is 25.0. The minimum absolute atomic E-state index is 0.0912. The molecule has 0 spiro atoms. The van der Waals surface area contributed by atoms with Crippen LogP contribution in [0.2, 0.25) is 0 Å². The van der Waals surface area contributed by atoms with E-state index in [0.717, 1.165) is 11.1 Å². The zero-order valence-corrected chi connectivity index (χ0v) is 25.0. The van der Waals surface area contributed by atoms with Crippen LogP contribution < -0.4 is 15.4 Å². The third-order valence-electron chi connectivity index (χ3n) is 8.48. The van der Waals surface area contributed by atoms with Gasteiger partial charge in [0.2, 0.25) is 11.8 Å². The van der Waals surface area contributed by atoms with Gasteiger partial charge in [-0.2, -0.15) is 0 Å². The number of methoxy groups -OCH3 is 1. The molecule has 2 aromatic rings. The van der Waals surface area contributed by atoms with Crippen LogP contribution in [0.15, 0.2) is 48.5 Å². The number of phenols is 1. The Hall–Kier alpha value is -3.76. The number of hydrogen-bond acceptors (Lipinski definition) is 8. The molecular formula is C33H42N2O8. The summed E-state index contributed by atoms with van der Waals surface area (Å²) in [5.74, 6) is -1.55. The fourth-order valence-corrected chi connectivity index (χ4v) is 5.46. The molecular weight excluding hydrogens is 552 g/mol. The summed E-state index contributed by atoms with van der Waals surface area (Å²) in [4.78, 5) is 53.3. The van der Waals surface area contributed by atoms with Crippen LogP contribution in [0.4, 0.5) is 0 Å². The third kappa shape index (κ3) is 8.87. The van der Waals surface area contributed by atoms with Crippen molar-refractivity contribution in [1.82, 2.24) is 10.6 Å². The smallest absolute Gasteiger partial charge is 0.224 e. The van der Waals surface area contributed by atoms with Crippen molar-refractivity contribution in [1.29, 1.82) is 0 Å². The molecule has 232 valence electrons. The minimum Gasteiger partial charge on any atom is -0.508 e. The summed E-state index contributed by atoms with van der Waals surface area (Å²) < 4.78 is 10.6. The maximum absolute atomic E-state index is 13.8. The molecule has 4 atom stereocenters. The number of amides is 2. The first-order chi connectivity index (χ1) is 20.5. The first-order valence-corrected chi connectivity index (χ1v) is 14.9. The number of hydrogen-bond donors (Lipinski definition) is 4. The Labute approximate surface area is 252 Å². The minimum atomic E-state index is -0.982. The highest BCUT2D eigenvalue weighted by atomic mass is 16.6. The topological polar surface area (TPSA) is 155 Å². The van der Waals surface area contributed by atoms with Crippen molar-refractivity contribution in [2.24, 2.45) is 11.8 Å². The fraction of sp³-hybridized carbons (Fsp3) is 0.515. The predicted octanol–water partition coefficient (Wildman–Crippen LogP) is 2.66. The molecule has 4 N–H and O–H groups in total. The first kappa shape index (κ1) is 32.2. The molecule has 1 aliphatic heterocycles. The number of nitrogens with one attached hydrogen (secondary N) is 2. The Morgan fingerprint density at radius 1 is 0.953 bits per heavy atom. The molecule has 10 nitrogen and oxygen atoms in total. The van der Waals surface area contributed by atoms with Crippen LogP contribution in [0.3, 0.4) is 0 Å². The second-order valence-corrected chi connectivity index (χ2v) is 12.0. The van der Waals surface area contributed by atoms with Crippen LogP contribution in [-0.2, 0) is 36.8 Å². The summed E-state index contributed by atoms with van der Waals surface area (Å²) in [6.45, 7) is 3.56. The Bertz CT molecular complexity index is 1280. The predicted molar refractivity (Wildman–Crippen MR) is 158 cm³/mol. The number of epoxide rings is 1. The summed E-state index contributed by atoms with van der Waals surface area (Å²) >= 11 is 0. The zero-order chi connectivity index (χ0) is 31.1. The molecule has 4 unspecified atom stereocenters. The van der Waals surface area contributed by atoms with Crippen molar-refractivity contribution in [2.75, 3.05) is 13.7 Å². The summed E-state index contributed by atoms with van der Waals surface area (Å²) in [5.41, 5.74) is 0.574. The van der Waals surface area contributed by atoms with E-state index in [1.165, 1.54) is 12.1 Å². The second kappa shape index (κ2) is 14.1. The Balaban J connectivity index is 1.49. The first-order valence-electron chi connectivity index (χ1n) is 14.9. The third-order valence-corrected chi connectivity index (χ3v) is 8.48. The number of aliphatic hydroxyl groups excluding tert-OH is 1. The van der Waals surface area contributed by atoms with Crippen LogP contribution in [0, 0.1) is 11.8 Å². The Kier molecular flexibility index (Phi) is 10.6. The van der Waals surface area contributed by atoms with Gasteiger partial charge in [-0.3, -0.25) is 19.2 Å². The molecule has 2 aromatic carbocycles. The number of carbonyl (C=O) groups excluding carboxylic acids is 4. The van der Waals surface area contributed by atoms with Crippen molar-refractivity contribution in [2.45, 2.75) is 82.6 Å². The van der Waals surface area contributed by atoms with E-state index < -0.39 is 29.5 Å². The quantitative estimate of drug-likeness (QED) is 0.244. The van der Waals surface area contributed by atoms with Crippen LogP contribution in [-0.4, -0.2) is 71.1 Å². The monoisotopic (exact) mass is 594 g/mol. The maximum Gasteiger partial charge on any atom is 0.224 e. The van der Waals surface area contributed by atoms with E-state index in [0.29, 0.717) is 31.4 Å². The summed E-state index contributed by atoms with van der Waals surface area (Å²) in [6, 6.07) is 11.9. The average Bonchev–Trinajstić information content (AvgIpc) is 3.75. The standard InChI is InChI=1S/C33H42N2O8/c1-20(34-31(40)23-8-12-26(37)13-9-23)29(38)18-24(16-21-6-14-27(42-3)15-7-21)32(41)35-28(30(39)33(2)19-43-33)17-22-4-10-25(36)11-5-22/h4-7,10-11,14-15,20,23-24,26,28,36-37H,8-9,12-13,16-19H2,1-3H3,(H,34,40)(H,35,41). The highest BCUT2D eigenvalue weighted by Crippen LogP contribution is 2.30. The molecule has 4 rings (SSSR count). The van der Waals surface area contributed by atoms with Gasteiger partial charge in [0.25, 0.3) is 0 Å². The van der Waals surface area contributed by atoms with Crippen molar-refractivity contribution >= 4 is 23.4 Å². The van der Waals surface area contributed by atoms with Crippen LogP contribution in [0.25, 0.3) is 0 Å². The number of ether oxygens (including phenoxy) is 2. The van der Waals surface area contributed by atoms with Crippen molar-refractivity contribution in [3.63, 3.8) is 0 Å². The number of aromatic hydroxyl groups is 1. The van der Waals surface area contributed by atoms with Crippen LogP contribution >= 0.6 is 0 Å². The largest absolute Gasteiger partial charge is 0.508 e. The van der Waals surface area contributed by atoms with Gasteiger partial charge in [-0.1, -0.05) is 24.3 Å². The summed E-state index contributed by atoms with van der Waals surface area (Å²) in [7, 11) is 1.56. The van der Waals surface area contributed by atoms with Crippen molar-refractivity contribution < 1.29 is 38.9 Å². The number of ketones is 2. The van der Waals surface area contributed by atoms with Crippen molar-refractivity contribution in [3.05, 3.63) is 59.7 Å². The highest BCUT2D eigenvalue weighted by molar-refractivity contribution is 5.98. The molecule has 1 heterocycles. The molecule has 1 saturated carbocycles. The number of phenolic OH excluding ortho intramolecular Hbond substituents is 1. The lowest BCUT2D eigenvalue weighted by atomic mass is 9.86. The molecule has 2 fully saturated rings. The van der Waals surface area contributed by atoms with Gasteiger partial charge in [0.15, 0.2) is 11.6 Å². The van der Waals surface area contributed by atoms with E-state index in [-0.39, 0.29) is 61.1 Å². The number of aliphatic hydroxyl groups is 1. The van der Waals surface area contributed by atoms with Crippen LogP contribution in [0.5, 0.6) is 11.5 Å². The molecule has 2 amide bonds. The molecule has 0 aromatic heterocycles. The van der Waals surface area contributed by atoms with Gasteiger partial charge >= 0.3 is 0 Å². The van der Waals surface area contributed by atoms with Crippen LogP contribution in [0.1, 0.15) is 57.1 Å². The fourth-order valence-electron chi connectivity index (χ4n) is 5.46. The molecule has 2 aliphatic rings. The molecule has 1 aliphatic carbocycles. The van der Waals surface area contributed by atoms with Crippen molar-refractivity contribution in [3.8, 4) is 11.5 Å². The maximum atomic E-state index is 13.8. The van der Waals surface area contributed by atoms with Gasteiger partial charge in [0, 0.05) is 18.3 Å². The number of Topliss-reactive ketones (excluding diaryl/α,β-unsaturated/α-hetero) is 2. The lowest BCUT2D eigenvalue weighted by molar-refractivity contribution is -0.135. The molecule has 0 bridgehead atoms. The summed E-state index contributed by atoms with van der Waals surface area (Å²) in [6.07, 6.45) is 2.13. The van der Waals surface area contributed by atoms with Gasteiger partial charge in [-0.25, -0.2) is 0 Å². The second-order valence-electron chi connectivity index (χ2n) is 12.0. The molecule has 10 heteroatoms. The number of carbonyl (C=O) groups is 4. The van der Waals surface area contributed by atoms with E-state index in [2.05, 4.69) is 10.6 Å². The van der Waals surface area contributed by atoms with Gasteiger partial charge < -0.3 is 30.3 Å². The van der Waals surface area contributed by atoms with Gasteiger partial charge in [-0.15, -0.1) is 0 Å². The van der Waals surface area contributed by atoms with E-state index in [4.69, 9.17) is 9.47 Å². The lowest BCUT2D eigenvalue weighted by Gasteiger charge is -2.26.